The van der Waals surface area contributed by atoms with E-state index in [-0.39, 0.29) is 24.5 Å². The van der Waals surface area contributed by atoms with E-state index < -0.39 is 6.04 Å². The highest BCUT2D eigenvalue weighted by Crippen LogP contribution is 2.26. The average Bonchev–Trinajstić information content (AvgIpc) is 2.71. The van der Waals surface area contributed by atoms with Gasteiger partial charge in [0.05, 0.1) is 4.47 Å². The second kappa shape index (κ2) is 11.9. The van der Waals surface area contributed by atoms with E-state index in [0.717, 1.165) is 22.0 Å². The highest BCUT2D eigenvalue weighted by atomic mass is 79.9. The quantitative estimate of drug-likeness (QED) is 0.509. The molecule has 0 aromatic heterocycles. The fourth-order valence-electron chi connectivity index (χ4n) is 3.41. The van der Waals surface area contributed by atoms with Crippen LogP contribution in [0.15, 0.2) is 46.9 Å². The number of nitrogens with zero attached hydrogens (tertiary/aromatic N) is 1. The second-order valence-electron chi connectivity index (χ2n) is 8.01. The number of amides is 2. The Kier molecular flexibility index (Phi) is 9.56. The summed E-state index contributed by atoms with van der Waals surface area (Å²) in [5.41, 5.74) is 3.28. The van der Waals surface area contributed by atoms with Gasteiger partial charge in [0.25, 0.3) is 5.91 Å². The fraction of sp³-hybridized carbons (Fsp3) is 0.440. The van der Waals surface area contributed by atoms with Crippen molar-refractivity contribution in [1.82, 2.24) is 10.2 Å². The Balaban J connectivity index is 2.23. The van der Waals surface area contributed by atoms with E-state index in [2.05, 4.69) is 28.2 Å². The van der Waals surface area contributed by atoms with Crippen LogP contribution in [-0.4, -0.2) is 35.4 Å². The van der Waals surface area contributed by atoms with Crippen LogP contribution in [0.3, 0.4) is 0 Å². The first kappa shape index (κ1) is 24.9. The van der Waals surface area contributed by atoms with Gasteiger partial charge in [-0.1, -0.05) is 49.7 Å². The van der Waals surface area contributed by atoms with E-state index in [1.54, 1.807) is 4.90 Å². The molecule has 2 rings (SSSR count). The Hall–Kier alpha value is -2.34. The molecule has 0 radical (unpaired) electrons. The standard InChI is InChI=1S/C25H33BrN2O3/c1-6-19-11-12-23(21(26)14-19)31-16-24(29)28(15-20-10-8-9-18(5)13-20)22(7-2)25(30)27-17(3)4/h8-14,17,22H,6-7,15-16H2,1-5H3,(H,27,30)/t22-/m1/s1. The first-order chi connectivity index (χ1) is 14.7. The van der Waals surface area contributed by atoms with Gasteiger partial charge < -0.3 is 15.0 Å². The largest absolute Gasteiger partial charge is 0.483 e. The first-order valence-electron chi connectivity index (χ1n) is 10.8. The zero-order valence-corrected chi connectivity index (χ0v) is 20.7. The summed E-state index contributed by atoms with van der Waals surface area (Å²) in [6.07, 6.45) is 1.44. The van der Waals surface area contributed by atoms with E-state index in [1.165, 1.54) is 5.56 Å². The summed E-state index contributed by atoms with van der Waals surface area (Å²) in [7, 11) is 0. The van der Waals surface area contributed by atoms with Gasteiger partial charge in [-0.2, -0.15) is 0 Å². The van der Waals surface area contributed by atoms with E-state index >= 15 is 0 Å². The molecule has 0 bridgehead atoms. The molecule has 168 valence electrons. The molecular formula is C25H33BrN2O3. The molecule has 1 atom stereocenters. The molecule has 2 amide bonds. The molecule has 1 N–H and O–H groups in total. The molecule has 0 saturated heterocycles. The zero-order valence-electron chi connectivity index (χ0n) is 19.1. The van der Waals surface area contributed by atoms with Crippen molar-refractivity contribution in [3.05, 3.63) is 63.6 Å². The van der Waals surface area contributed by atoms with Crippen molar-refractivity contribution in [2.45, 2.75) is 66.1 Å². The number of aryl methyl sites for hydroxylation is 2. The number of carbonyl (C=O) groups excluding carboxylic acids is 2. The van der Waals surface area contributed by atoms with E-state index in [0.29, 0.717) is 18.7 Å². The van der Waals surface area contributed by atoms with Crippen LogP contribution in [-0.2, 0) is 22.6 Å². The number of carbonyl (C=O) groups is 2. The lowest BCUT2D eigenvalue weighted by Crippen LogP contribution is -2.51. The monoisotopic (exact) mass is 488 g/mol. The Bertz CT molecular complexity index is 898. The Morgan fingerprint density at radius 1 is 1.10 bits per heavy atom. The number of halogens is 1. The third-order valence-electron chi connectivity index (χ3n) is 5.01. The molecular weight excluding hydrogens is 456 g/mol. The molecule has 2 aromatic carbocycles. The third kappa shape index (κ3) is 7.39. The number of nitrogens with one attached hydrogen (secondary N) is 1. The van der Waals surface area contributed by atoms with Crippen LogP contribution in [0.5, 0.6) is 5.75 Å². The predicted octanol–water partition coefficient (Wildman–Crippen LogP) is 5.03. The topological polar surface area (TPSA) is 58.6 Å². The lowest BCUT2D eigenvalue weighted by molar-refractivity contribution is -0.143. The first-order valence-corrected chi connectivity index (χ1v) is 11.6. The van der Waals surface area contributed by atoms with Crippen molar-refractivity contribution < 1.29 is 14.3 Å². The van der Waals surface area contributed by atoms with Gasteiger partial charge in [-0.05, 0) is 72.8 Å². The zero-order chi connectivity index (χ0) is 23.0. The Labute approximate surface area is 194 Å². The Morgan fingerprint density at radius 2 is 1.84 bits per heavy atom. The molecule has 0 aliphatic heterocycles. The number of hydrogen-bond donors (Lipinski definition) is 1. The predicted molar refractivity (Wildman–Crippen MR) is 128 cm³/mol. The van der Waals surface area contributed by atoms with Crippen molar-refractivity contribution >= 4 is 27.7 Å². The van der Waals surface area contributed by atoms with Crippen molar-refractivity contribution in [1.29, 1.82) is 0 Å². The lowest BCUT2D eigenvalue weighted by Gasteiger charge is -2.31. The molecule has 0 spiro atoms. The second-order valence-corrected chi connectivity index (χ2v) is 8.86. The highest BCUT2D eigenvalue weighted by molar-refractivity contribution is 9.10. The average molecular weight is 489 g/mol. The number of hydrogen-bond acceptors (Lipinski definition) is 3. The fourth-order valence-corrected chi connectivity index (χ4v) is 3.95. The van der Waals surface area contributed by atoms with Gasteiger partial charge in [-0.25, -0.2) is 0 Å². The summed E-state index contributed by atoms with van der Waals surface area (Å²) in [6.45, 7) is 10.1. The SMILES string of the molecule is CCc1ccc(OCC(=O)N(Cc2cccc(C)c2)[C@H](CC)C(=O)NC(C)C)c(Br)c1. The molecule has 31 heavy (non-hydrogen) atoms. The highest BCUT2D eigenvalue weighted by Gasteiger charge is 2.29. The summed E-state index contributed by atoms with van der Waals surface area (Å²) in [5.74, 6) is 0.242. The van der Waals surface area contributed by atoms with Gasteiger partial charge in [0.2, 0.25) is 5.91 Å². The summed E-state index contributed by atoms with van der Waals surface area (Å²) in [4.78, 5) is 27.7. The van der Waals surface area contributed by atoms with Crippen LogP contribution in [0.4, 0.5) is 0 Å². The molecule has 2 aromatic rings. The molecule has 0 saturated carbocycles. The lowest BCUT2D eigenvalue weighted by atomic mass is 10.1. The smallest absolute Gasteiger partial charge is 0.261 e. The molecule has 0 unspecified atom stereocenters. The molecule has 0 fully saturated rings. The van der Waals surface area contributed by atoms with Gasteiger partial charge in [-0.15, -0.1) is 0 Å². The van der Waals surface area contributed by atoms with E-state index in [4.69, 9.17) is 4.74 Å². The van der Waals surface area contributed by atoms with Gasteiger partial charge in [-0.3, -0.25) is 9.59 Å². The molecule has 6 heteroatoms. The van der Waals surface area contributed by atoms with E-state index in [1.807, 2.05) is 70.2 Å². The maximum Gasteiger partial charge on any atom is 0.261 e. The van der Waals surface area contributed by atoms with Gasteiger partial charge in [0, 0.05) is 12.6 Å². The summed E-state index contributed by atoms with van der Waals surface area (Å²) in [6, 6.07) is 13.3. The summed E-state index contributed by atoms with van der Waals surface area (Å²) >= 11 is 3.52. The number of ether oxygens (including phenoxy) is 1. The molecule has 0 aliphatic rings. The van der Waals surface area contributed by atoms with Crippen molar-refractivity contribution in [2.75, 3.05) is 6.61 Å². The van der Waals surface area contributed by atoms with Crippen LogP contribution in [0.1, 0.15) is 50.8 Å². The van der Waals surface area contributed by atoms with Crippen LogP contribution < -0.4 is 10.1 Å². The minimum atomic E-state index is -0.565. The minimum absolute atomic E-state index is 0.00163. The van der Waals surface area contributed by atoms with Crippen LogP contribution >= 0.6 is 15.9 Å². The molecule has 5 nitrogen and oxygen atoms in total. The summed E-state index contributed by atoms with van der Waals surface area (Å²) < 4.78 is 6.64. The normalized spacial score (nSPS) is 11.8. The Morgan fingerprint density at radius 3 is 2.42 bits per heavy atom. The van der Waals surface area contributed by atoms with Crippen molar-refractivity contribution in [3.63, 3.8) is 0 Å². The van der Waals surface area contributed by atoms with Gasteiger partial charge >= 0.3 is 0 Å². The maximum absolute atomic E-state index is 13.2. The van der Waals surface area contributed by atoms with Crippen molar-refractivity contribution in [3.8, 4) is 5.75 Å². The summed E-state index contributed by atoms with van der Waals surface area (Å²) in [5, 5.41) is 2.94. The molecule has 0 aliphatic carbocycles. The van der Waals surface area contributed by atoms with Gasteiger partial charge in [0.1, 0.15) is 11.8 Å². The third-order valence-corrected chi connectivity index (χ3v) is 5.63. The van der Waals surface area contributed by atoms with Gasteiger partial charge in [0.15, 0.2) is 6.61 Å². The van der Waals surface area contributed by atoms with Crippen LogP contribution in [0.2, 0.25) is 0 Å². The number of benzene rings is 2. The van der Waals surface area contributed by atoms with Crippen LogP contribution in [0.25, 0.3) is 0 Å². The maximum atomic E-state index is 13.2. The number of rotatable bonds is 10. The van der Waals surface area contributed by atoms with Crippen LogP contribution in [0, 0.1) is 6.92 Å². The van der Waals surface area contributed by atoms with E-state index in [9.17, 15) is 9.59 Å². The van der Waals surface area contributed by atoms with Crippen molar-refractivity contribution in [2.24, 2.45) is 0 Å². The molecule has 0 heterocycles. The minimum Gasteiger partial charge on any atom is -0.483 e.